The van der Waals surface area contributed by atoms with Crippen molar-refractivity contribution in [3.05, 3.63) is 109 Å². The lowest BCUT2D eigenvalue weighted by Gasteiger charge is -2.27. The zero-order valence-electron chi connectivity index (χ0n) is 39.3. The molecule has 1 N–H and O–H groups in total. The standard InChI is InChI=1S/C55H67NO12/c1-3-52(59)65-33-11-7-5-9-31-63-46-24-13-39(14-25-46)36-49(57)41-18-22-44(23-19-41)55(62)68-51-30-15-40(35-45(51)38-56)37-50(58)42-16-20-43(21-17-42)54(61)67-48-28-26-47(27-29-48)64-32-10-6-8-12-34-66-53(60)4-2/h3-4,13-15,24-30,35,38,41-44,56H,1-2,5-12,16-23,31-34,36-37H2/t41-,42-,43-,44-. The van der Waals surface area contributed by atoms with Crippen molar-refractivity contribution in [2.45, 2.75) is 116 Å². The van der Waals surface area contributed by atoms with Gasteiger partial charge in [-0.3, -0.25) is 19.2 Å². The number of nitrogens with one attached hydrogen (secondary N) is 1. The Bertz CT molecular complexity index is 2150. The summed E-state index contributed by atoms with van der Waals surface area (Å²) in [7, 11) is 0. The van der Waals surface area contributed by atoms with Crippen molar-refractivity contribution >= 4 is 41.7 Å². The first-order valence-corrected chi connectivity index (χ1v) is 24.2. The summed E-state index contributed by atoms with van der Waals surface area (Å²) >= 11 is 0. The maximum atomic E-state index is 13.4. The first-order chi connectivity index (χ1) is 33.0. The summed E-state index contributed by atoms with van der Waals surface area (Å²) in [5.41, 5.74) is 2.05. The van der Waals surface area contributed by atoms with Gasteiger partial charge in [0.15, 0.2) is 0 Å². The number of unbranched alkanes of at least 4 members (excludes halogenated alkanes) is 6. The van der Waals surface area contributed by atoms with Crippen molar-refractivity contribution in [2.75, 3.05) is 26.4 Å². The Hall–Kier alpha value is -6.37. The molecule has 13 nitrogen and oxygen atoms in total. The van der Waals surface area contributed by atoms with E-state index in [0.29, 0.717) is 101 Å². The molecule has 68 heavy (non-hydrogen) atoms. The summed E-state index contributed by atoms with van der Waals surface area (Å²) in [6, 6.07) is 19.7. The van der Waals surface area contributed by atoms with Gasteiger partial charge < -0.3 is 33.8 Å². The molecule has 2 saturated carbocycles. The van der Waals surface area contributed by atoms with Crippen LogP contribution in [0.2, 0.25) is 0 Å². The molecule has 0 amide bonds. The van der Waals surface area contributed by atoms with E-state index in [-0.39, 0.29) is 59.3 Å². The normalized spacial score (nSPS) is 17.7. The van der Waals surface area contributed by atoms with Crippen molar-refractivity contribution in [2.24, 2.45) is 23.7 Å². The van der Waals surface area contributed by atoms with Crippen molar-refractivity contribution < 1.29 is 57.2 Å². The lowest BCUT2D eigenvalue weighted by atomic mass is 9.79. The van der Waals surface area contributed by atoms with E-state index in [1.165, 1.54) is 0 Å². The highest BCUT2D eigenvalue weighted by molar-refractivity contribution is 5.88. The minimum absolute atomic E-state index is 0.0704. The number of Topliss-reactive ketones (excluding diaryl/α,β-unsaturated/α-hetero) is 2. The molecule has 0 aromatic heterocycles. The van der Waals surface area contributed by atoms with Gasteiger partial charge in [0.25, 0.3) is 0 Å². The maximum Gasteiger partial charge on any atom is 0.330 e. The highest BCUT2D eigenvalue weighted by atomic mass is 16.5. The van der Waals surface area contributed by atoms with E-state index in [9.17, 15) is 28.8 Å². The van der Waals surface area contributed by atoms with Gasteiger partial charge in [-0.15, -0.1) is 0 Å². The van der Waals surface area contributed by atoms with E-state index >= 15 is 0 Å². The number of esters is 4. The third kappa shape index (κ3) is 18.0. The van der Waals surface area contributed by atoms with Gasteiger partial charge in [-0.2, -0.15) is 0 Å². The lowest BCUT2D eigenvalue weighted by Crippen LogP contribution is -2.29. The Balaban J connectivity index is 0.949. The lowest BCUT2D eigenvalue weighted by molar-refractivity contribution is -0.141. The fourth-order valence-corrected chi connectivity index (χ4v) is 8.56. The van der Waals surface area contributed by atoms with Gasteiger partial charge in [0.05, 0.1) is 38.3 Å². The van der Waals surface area contributed by atoms with Crippen LogP contribution in [0.5, 0.6) is 23.0 Å². The van der Waals surface area contributed by atoms with Gasteiger partial charge in [0, 0.05) is 48.6 Å². The number of carbonyl (C=O) groups is 6. The zero-order valence-corrected chi connectivity index (χ0v) is 39.3. The fraction of sp³-hybridized carbons (Fsp3) is 0.473. The van der Waals surface area contributed by atoms with Crippen LogP contribution in [0.4, 0.5) is 0 Å². The molecule has 0 spiro atoms. The number of carbonyl (C=O) groups excluding carboxylic acids is 6. The van der Waals surface area contributed by atoms with E-state index in [4.69, 9.17) is 33.8 Å². The number of hydrogen-bond donors (Lipinski definition) is 1. The van der Waals surface area contributed by atoms with Gasteiger partial charge >= 0.3 is 23.9 Å². The summed E-state index contributed by atoms with van der Waals surface area (Å²) in [4.78, 5) is 75.0. The second kappa shape index (κ2) is 28.7. The average molecular weight is 934 g/mol. The Labute approximate surface area is 400 Å². The molecule has 0 aliphatic heterocycles. The van der Waals surface area contributed by atoms with Gasteiger partial charge in [0.1, 0.15) is 34.6 Å². The zero-order chi connectivity index (χ0) is 48.5. The molecule has 13 heteroatoms. The Morgan fingerprint density at radius 1 is 0.485 bits per heavy atom. The molecule has 0 radical (unpaired) electrons. The topological polar surface area (TPSA) is 182 Å². The van der Waals surface area contributed by atoms with Crippen LogP contribution in [0.25, 0.3) is 0 Å². The molecule has 2 fully saturated rings. The largest absolute Gasteiger partial charge is 0.494 e. The SMILES string of the molecule is C=CC(=O)OCCCCCCOc1ccc(CC(=O)[C@H]2CC[C@H](C(=O)Oc3ccc(CC(=O)[C@H]4CC[C@H](C(=O)Oc5ccc(OCCCCCCOC(=O)C=C)cc5)CC4)cc3C=N)CC2)cc1. The van der Waals surface area contributed by atoms with Gasteiger partial charge in [-0.05, 0) is 162 Å². The quantitative estimate of drug-likeness (QED) is 0.0229. The van der Waals surface area contributed by atoms with Gasteiger partial charge in [0.2, 0.25) is 0 Å². The summed E-state index contributed by atoms with van der Waals surface area (Å²) < 4.78 is 33.1. The van der Waals surface area contributed by atoms with E-state index in [0.717, 1.165) is 86.6 Å². The predicted octanol–water partition coefficient (Wildman–Crippen LogP) is 10.1. The number of rotatable bonds is 29. The molecule has 0 heterocycles. The highest BCUT2D eigenvalue weighted by Crippen LogP contribution is 2.34. The third-order valence-corrected chi connectivity index (χ3v) is 12.6. The minimum atomic E-state index is -0.406. The van der Waals surface area contributed by atoms with E-state index in [1.54, 1.807) is 42.5 Å². The summed E-state index contributed by atoms with van der Waals surface area (Å²) in [6.07, 6.45) is 15.6. The third-order valence-electron chi connectivity index (χ3n) is 12.6. The van der Waals surface area contributed by atoms with Gasteiger partial charge in [-0.25, -0.2) is 9.59 Å². The molecular weight excluding hydrogens is 867 g/mol. The van der Waals surface area contributed by atoms with Crippen LogP contribution in [0.1, 0.15) is 119 Å². The minimum Gasteiger partial charge on any atom is -0.494 e. The van der Waals surface area contributed by atoms with E-state index < -0.39 is 11.9 Å². The van der Waals surface area contributed by atoms with Gasteiger partial charge in [-0.1, -0.05) is 31.4 Å². The smallest absolute Gasteiger partial charge is 0.330 e. The average Bonchev–Trinajstić information content (AvgIpc) is 3.36. The summed E-state index contributed by atoms with van der Waals surface area (Å²) in [5.74, 6) is -0.0747. The van der Waals surface area contributed by atoms with Crippen LogP contribution in [0.3, 0.4) is 0 Å². The Kier molecular flexibility index (Phi) is 22.2. The predicted molar refractivity (Wildman–Crippen MR) is 257 cm³/mol. The van der Waals surface area contributed by atoms with Crippen molar-refractivity contribution in [1.82, 2.24) is 0 Å². The molecule has 3 aromatic carbocycles. The Morgan fingerprint density at radius 2 is 0.882 bits per heavy atom. The van der Waals surface area contributed by atoms with Crippen LogP contribution in [0, 0.1) is 29.1 Å². The summed E-state index contributed by atoms with van der Waals surface area (Å²) in [5, 5.41) is 8.01. The molecule has 0 atom stereocenters. The molecule has 5 rings (SSSR count). The molecule has 0 unspecified atom stereocenters. The molecular formula is C55H67NO12. The van der Waals surface area contributed by atoms with Crippen molar-refractivity contribution in [3.8, 4) is 23.0 Å². The first kappa shape index (κ1) is 52.6. The van der Waals surface area contributed by atoms with Crippen LogP contribution in [-0.4, -0.2) is 68.1 Å². The highest BCUT2D eigenvalue weighted by Gasteiger charge is 2.33. The number of ether oxygens (including phenoxy) is 6. The van der Waals surface area contributed by atoms with E-state index in [1.807, 2.05) is 24.3 Å². The monoisotopic (exact) mass is 933 g/mol. The number of hydrogen-bond acceptors (Lipinski definition) is 13. The maximum absolute atomic E-state index is 13.4. The molecule has 3 aromatic rings. The van der Waals surface area contributed by atoms with Crippen molar-refractivity contribution in [1.29, 1.82) is 5.41 Å². The van der Waals surface area contributed by atoms with E-state index in [2.05, 4.69) is 13.2 Å². The summed E-state index contributed by atoms with van der Waals surface area (Å²) in [6.45, 7) is 8.66. The van der Waals surface area contributed by atoms with Crippen molar-refractivity contribution in [3.63, 3.8) is 0 Å². The fourth-order valence-electron chi connectivity index (χ4n) is 8.56. The number of ketones is 2. The molecule has 2 aliphatic rings. The van der Waals surface area contributed by atoms with Crippen LogP contribution >= 0.6 is 0 Å². The Morgan fingerprint density at radius 3 is 1.35 bits per heavy atom. The molecule has 2 aliphatic carbocycles. The second-order valence-corrected chi connectivity index (χ2v) is 17.6. The first-order valence-electron chi connectivity index (χ1n) is 24.2. The molecule has 0 saturated heterocycles. The van der Waals surface area contributed by atoms with Crippen LogP contribution < -0.4 is 18.9 Å². The second-order valence-electron chi connectivity index (χ2n) is 17.6. The number of benzene rings is 3. The molecule has 364 valence electrons. The van der Waals surface area contributed by atoms with Crippen LogP contribution in [0.15, 0.2) is 92.0 Å². The van der Waals surface area contributed by atoms with Crippen LogP contribution in [-0.2, 0) is 51.1 Å². The molecule has 0 bridgehead atoms.